The number of rotatable bonds is 5. The van der Waals surface area contributed by atoms with Gasteiger partial charge in [0.1, 0.15) is 11.5 Å². The summed E-state index contributed by atoms with van der Waals surface area (Å²) < 4.78 is 12.9. The van der Waals surface area contributed by atoms with Crippen LogP contribution in [-0.2, 0) is 0 Å². The molecule has 0 saturated carbocycles. The van der Waals surface area contributed by atoms with Gasteiger partial charge >= 0.3 is 6.03 Å². The van der Waals surface area contributed by atoms with E-state index in [9.17, 15) is 14.0 Å². The van der Waals surface area contributed by atoms with Crippen LogP contribution >= 0.6 is 23.1 Å². The number of anilines is 3. The van der Waals surface area contributed by atoms with Crippen LogP contribution in [0.15, 0.2) is 58.8 Å². The van der Waals surface area contributed by atoms with Crippen LogP contribution in [0.1, 0.15) is 10.5 Å². The summed E-state index contributed by atoms with van der Waals surface area (Å²) in [6, 6.07) is 12.3. The van der Waals surface area contributed by atoms with E-state index < -0.39 is 6.03 Å². The molecule has 138 valence electrons. The molecule has 3 N–H and O–H groups in total. The molecular weight excluding hydrogens is 387 g/mol. The Labute approximate surface area is 163 Å². The minimum Gasteiger partial charge on any atom is -0.320 e. The van der Waals surface area contributed by atoms with Crippen molar-refractivity contribution in [2.24, 2.45) is 0 Å². The molecule has 1 heterocycles. The SMILES string of the molecule is CSc1ccccc1NC(=O)c1csc(NC(=O)Nc2ccc(F)cc2)n1. The van der Waals surface area contributed by atoms with Gasteiger partial charge in [-0.15, -0.1) is 23.1 Å². The summed E-state index contributed by atoms with van der Waals surface area (Å²) in [5.74, 6) is -0.751. The maximum absolute atomic E-state index is 12.9. The number of thioether (sulfide) groups is 1. The summed E-state index contributed by atoms with van der Waals surface area (Å²) in [7, 11) is 0. The number of nitrogens with one attached hydrogen (secondary N) is 3. The Bertz CT molecular complexity index is 960. The molecule has 2 aromatic carbocycles. The van der Waals surface area contributed by atoms with E-state index in [2.05, 4.69) is 20.9 Å². The number of urea groups is 1. The molecule has 0 atom stereocenters. The van der Waals surface area contributed by atoms with Crippen LogP contribution in [0.4, 0.5) is 25.7 Å². The van der Waals surface area contributed by atoms with E-state index in [-0.39, 0.29) is 22.5 Å². The Balaban J connectivity index is 1.61. The van der Waals surface area contributed by atoms with Crippen molar-refractivity contribution >= 4 is 51.5 Å². The van der Waals surface area contributed by atoms with E-state index in [1.807, 2.05) is 30.5 Å². The topological polar surface area (TPSA) is 83.1 Å². The highest BCUT2D eigenvalue weighted by atomic mass is 32.2. The van der Waals surface area contributed by atoms with Gasteiger partial charge in [0.05, 0.1) is 5.69 Å². The molecule has 9 heteroatoms. The molecule has 3 rings (SSSR count). The number of para-hydroxylation sites is 1. The molecule has 27 heavy (non-hydrogen) atoms. The molecule has 0 unspecified atom stereocenters. The van der Waals surface area contributed by atoms with Crippen molar-refractivity contribution in [1.82, 2.24) is 4.98 Å². The monoisotopic (exact) mass is 402 g/mol. The first kappa shape index (κ1) is 18.9. The van der Waals surface area contributed by atoms with Crippen LogP contribution in [-0.4, -0.2) is 23.2 Å². The number of halogens is 1. The van der Waals surface area contributed by atoms with Crippen LogP contribution in [0.5, 0.6) is 0 Å². The van der Waals surface area contributed by atoms with Crippen molar-refractivity contribution in [2.45, 2.75) is 4.90 Å². The fourth-order valence-corrected chi connectivity index (χ4v) is 3.40. The van der Waals surface area contributed by atoms with Crippen LogP contribution in [0.25, 0.3) is 0 Å². The quantitative estimate of drug-likeness (QED) is 0.530. The molecule has 6 nitrogen and oxygen atoms in total. The van der Waals surface area contributed by atoms with Gasteiger partial charge in [0.25, 0.3) is 5.91 Å². The lowest BCUT2D eigenvalue weighted by molar-refractivity contribution is 0.102. The average Bonchev–Trinajstić information content (AvgIpc) is 3.12. The second-order valence-electron chi connectivity index (χ2n) is 5.28. The highest BCUT2D eigenvalue weighted by Crippen LogP contribution is 2.25. The van der Waals surface area contributed by atoms with Gasteiger partial charge in [-0.25, -0.2) is 14.2 Å². The predicted octanol–water partition coefficient (Wildman–Crippen LogP) is 4.90. The molecule has 0 bridgehead atoms. The number of thiazole rings is 1. The fraction of sp³-hybridized carbons (Fsp3) is 0.0556. The van der Waals surface area contributed by atoms with E-state index in [1.165, 1.54) is 36.0 Å². The third-order valence-corrected chi connectivity index (χ3v) is 4.97. The third-order valence-electron chi connectivity index (χ3n) is 3.41. The Morgan fingerprint density at radius 1 is 1.04 bits per heavy atom. The smallest absolute Gasteiger partial charge is 0.320 e. The van der Waals surface area contributed by atoms with Crippen LogP contribution in [0.3, 0.4) is 0 Å². The summed E-state index contributed by atoms with van der Waals surface area (Å²) in [6.07, 6.45) is 1.93. The minimum absolute atomic E-state index is 0.202. The van der Waals surface area contributed by atoms with Gasteiger partial charge in [0.15, 0.2) is 5.13 Å². The summed E-state index contributed by atoms with van der Waals surface area (Å²) in [6.45, 7) is 0. The van der Waals surface area contributed by atoms with Gasteiger partial charge in [0, 0.05) is 16.0 Å². The normalized spacial score (nSPS) is 10.3. The highest BCUT2D eigenvalue weighted by Gasteiger charge is 2.14. The number of benzene rings is 2. The maximum Gasteiger partial charge on any atom is 0.325 e. The molecule has 0 radical (unpaired) electrons. The van der Waals surface area contributed by atoms with E-state index in [4.69, 9.17) is 0 Å². The Morgan fingerprint density at radius 3 is 2.52 bits per heavy atom. The molecule has 0 aliphatic heterocycles. The van der Waals surface area contributed by atoms with E-state index in [0.29, 0.717) is 11.4 Å². The highest BCUT2D eigenvalue weighted by molar-refractivity contribution is 7.98. The molecule has 0 aliphatic carbocycles. The molecule has 0 fully saturated rings. The lowest BCUT2D eigenvalue weighted by atomic mass is 10.3. The van der Waals surface area contributed by atoms with Gasteiger partial charge in [-0.1, -0.05) is 12.1 Å². The lowest BCUT2D eigenvalue weighted by Crippen LogP contribution is -2.19. The zero-order chi connectivity index (χ0) is 19.2. The zero-order valence-electron chi connectivity index (χ0n) is 14.2. The van der Waals surface area contributed by atoms with Crippen molar-refractivity contribution in [3.63, 3.8) is 0 Å². The molecule has 3 amide bonds. The van der Waals surface area contributed by atoms with Gasteiger partial charge in [-0.05, 0) is 42.7 Å². The van der Waals surface area contributed by atoms with Crippen molar-refractivity contribution in [3.05, 3.63) is 65.4 Å². The predicted molar refractivity (Wildman–Crippen MR) is 107 cm³/mol. The lowest BCUT2D eigenvalue weighted by Gasteiger charge is -2.07. The first-order valence-electron chi connectivity index (χ1n) is 7.78. The summed E-state index contributed by atoms with van der Waals surface area (Å²) >= 11 is 2.66. The van der Waals surface area contributed by atoms with E-state index >= 15 is 0 Å². The van der Waals surface area contributed by atoms with Gasteiger partial charge in [-0.3, -0.25) is 10.1 Å². The van der Waals surface area contributed by atoms with Crippen molar-refractivity contribution in [2.75, 3.05) is 22.2 Å². The first-order valence-corrected chi connectivity index (χ1v) is 9.89. The van der Waals surface area contributed by atoms with Gasteiger partial charge in [-0.2, -0.15) is 0 Å². The van der Waals surface area contributed by atoms with Gasteiger partial charge in [0.2, 0.25) is 0 Å². The number of hydrogen-bond donors (Lipinski definition) is 3. The molecular formula is C18H15FN4O2S2. The summed E-state index contributed by atoms with van der Waals surface area (Å²) in [5.41, 5.74) is 1.34. The minimum atomic E-state index is -0.532. The van der Waals surface area contributed by atoms with Crippen molar-refractivity contribution in [1.29, 1.82) is 0 Å². The summed E-state index contributed by atoms with van der Waals surface area (Å²) in [5, 5.41) is 9.75. The molecule has 0 spiro atoms. The number of aromatic nitrogens is 1. The number of nitrogens with zero attached hydrogens (tertiary/aromatic N) is 1. The van der Waals surface area contributed by atoms with Crippen molar-refractivity contribution < 1.29 is 14.0 Å². The van der Waals surface area contributed by atoms with Crippen molar-refractivity contribution in [3.8, 4) is 0 Å². The molecule has 0 saturated heterocycles. The molecule has 0 aliphatic rings. The number of hydrogen-bond acceptors (Lipinski definition) is 5. The zero-order valence-corrected chi connectivity index (χ0v) is 15.8. The third kappa shape index (κ3) is 5.05. The average molecular weight is 402 g/mol. The van der Waals surface area contributed by atoms with E-state index in [0.717, 1.165) is 16.2 Å². The Morgan fingerprint density at radius 2 is 1.78 bits per heavy atom. The second kappa shape index (κ2) is 8.65. The number of amides is 3. The van der Waals surface area contributed by atoms with E-state index in [1.54, 1.807) is 5.38 Å². The molecule has 1 aromatic heterocycles. The number of carbonyl (C=O) groups excluding carboxylic acids is 2. The van der Waals surface area contributed by atoms with Crippen LogP contribution < -0.4 is 16.0 Å². The molecule has 3 aromatic rings. The fourth-order valence-electron chi connectivity index (χ4n) is 2.16. The Hall–Kier alpha value is -2.91. The summed E-state index contributed by atoms with van der Waals surface area (Å²) in [4.78, 5) is 29.4. The number of carbonyl (C=O) groups is 2. The van der Waals surface area contributed by atoms with Crippen LogP contribution in [0, 0.1) is 5.82 Å². The first-order chi connectivity index (χ1) is 13.0. The Kier molecular flexibility index (Phi) is 6.05. The largest absolute Gasteiger partial charge is 0.325 e. The standard InChI is InChI=1S/C18H15FN4O2S2/c1-26-15-5-3-2-4-13(15)21-16(24)14-10-27-18(22-14)23-17(25)20-12-8-6-11(19)7-9-12/h2-10H,1H3,(H,21,24)(H2,20,22,23,25). The maximum atomic E-state index is 12.9. The second-order valence-corrected chi connectivity index (χ2v) is 6.98. The van der Waals surface area contributed by atoms with Crippen LogP contribution in [0.2, 0.25) is 0 Å². The van der Waals surface area contributed by atoms with Gasteiger partial charge < -0.3 is 10.6 Å².